The average molecular weight is 374 g/mol. The lowest BCUT2D eigenvalue weighted by atomic mass is 9.98. The van der Waals surface area contributed by atoms with Gasteiger partial charge in [0.2, 0.25) is 0 Å². The van der Waals surface area contributed by atoms with E-state index in [1.54, 1.807) is 12.1 Å². The lowest BCUT2D eigenvalue weighted by molar-refractivity contribution is 0.154. The van der Waals surface area contributed by atoms with Crippen LogP contribution in [0.2, 0.25) is 10.0 Å². The Balaban J connectivity index is 0.00000110. The number of piperazine rings is 1. The summed E-state index contributed by atoms with van der Waals surface area (Å²) in [6.07, 6.45) is 2.43. The predicted octanol–water partition coefficient (Wildman–Crippen LogP) is 3.90. The number of benzene rings is 1. The van der Waals surface area contributed by atoms with E-state index < -0.39 is 0 Å². The van der Waals surface area contributed by atoms with E-state index in [0.29, 0.717) is 16.0 Å². The van der Waals surface area contributed by atoms with Crippen LogP contribution in [0.1, 0.15) is 24.4 Å². The van der Waals surface area contributed by atoms with Crippen LogP contribution in [-0.4, -0.2) is 36.2 Å². The first-order valence-corrected chi connectivity index (χ1v) is 7.55. The Bertz CT molecular complexity index is 453. The van der Waals surface area contributed by atoms with Crippen LogP contribution < -0.4 is 5.32 Å². The zero-order chi connectivity index (χ0) is 13.4. The maximum atomic E-state index is 10.2. The normalized spacial score (nSPS) is 20.3. The summed E-state index contributed by atoms with van der Waals surface area (Å²) in [5.74, 6) is 0.843. The van der Waals surface area contributed by atoms with Gasteiger partial charge in [-0.1, -0.05) is 23.2 Å². The van der Waals surface area contributed by atoms with Crippen LogP contribution in [0, 0.1) is 5.92 Å². The van der Waals surface area contributed by atoms with Crippen molar-refractivity contribution in [1.82, 2.24) is 10.2 Å². The quantitative estimate of drug-likeness (QED) is 0.843. The van der Waals surface area contributed by atoms with E-state index in [4.69, 9.17) is 23.2 Å². The highest BCUT2D eigenvalue weighted by Gasteiger charge is 2.39. The van der Waals surface area contributed by atoms with Gasteiger partial charge in [-0.15, -0.1) is 24.8 Å². The van der Waals surface area contributed by atoms with Crippen LogP contribution in [0.5, 0.6) is 5.75 Å². The molecule has 1 atom stereocenters. The Morgan fingerprint density at radius 1 is 1.14 bits per heavy atom. The minimum atomic E-state index is 0. The van der Waals surface area contributed by atoms with Crippen LogP contribution in [-0.2, 0) is 0 Å². The van der Waals surface area contributed by atoms with E-state index in [1.807, 2.05) is 0 Å². The number of hydrogen-bond donors (Lipinski definition) is 2. The number of nitrogens with zero attached hydrogens (tertiary/aromatic N) is 1. The molecule has 0 unspecified atom stereocenters. The highest BCUT2D eigenvalue weighted by atomic mass is 35.5. The number of nitrogens with one attached hydrogen (secondary N) is 1. The molecule has 0 bridgehead atoms. The summed E-state index contributed by atoms with van der Waals surface area (Å²) in [6, 6.07) is 3.56. The Kier molecular flexibility index (Phi) is 7.38. The fraction of sp³-hybridized carbons (Fsp3) is 0.571. The van der Waals surface area contributed by atoms with Gasteiger partial charge in [0.15, 0.2) is 0 Å². The third-order valence-corrected chi connectivity index (χ3v) is 4.51. The molecule has 7 heteroatoms. The van der Waals surface area contributed by atoms with Crippen LogP contribution in [0.15, 0.2) is 12.1 Å². The molecule has 0 amide bonds. The van der Waals surface area contributed by atoms with Gasteiger partial charge in [0.25, 0.3) is 0 Å². The standard InChI is InChI=1S/C14H18Cl2N2O.2ClH/c15-10-7-11(16)13(12(19)8-10)14(9-1-2-9)18-5-3-17-4-6-18;;/h7-9,14,17,19H,1-6H2;2*1H/t14-;;/m1../s1. The average Bonchev–Trinajstić information content (AvgIpc) is 3.18. The first-order chi connectivity index (χ1) is 9.16. The lowest BCUT2D eigenvalue weighted by Crippen LogP contribution is -2.45. The van der Waals surface area contributed by atoms with Crippen molar-refractivity contribution in [2.45, 2.75) is 18.9 Å². The maximum absolute atomic E-state index is 10.2. The summed E-state index contributed by atoms with van der Waals surface area (Å²) in [7, 11) is 0. The van der Waals surface area contributed by atoms with Crippen molar-refractivity contribution in [3.8, 4) is 5.75 Å². The van der Waals surface area contributed by atoms with Gasteiger partial charge in [-0.3, -0.25) is 4.90 Å². The summed E-state index contributed by atoms with van der Waals surface area (Å²) >= 11 is 12.3. The van der Waals surface area contributed by atoms with Crippen molar-refractivity contribution in [3.05, 3.63) is 27.7 Å². The molecule has 1 heterocycles. The highest BCUT2D eigenvalue weighted by Crippen LogP contribution is 2.49. The molecule has 0 aromatic heterocycles. The van der Waals surface area contributed by atoms with Crippen molar-refractivity contribution < 1.29 is 5.11 Å². The zero-order valence-electron chi connectivity index (χ0n) is 11.5. The fourth-order valence-electron chi connectivity index (χ4n) is 2.95. The Hall–Kier alpha value is 0.1000. The molecule has 3 rings (SSSR count). The molecule has 3 nitrogen and oxygen atoms in total. The summed E-state index contributed by atoms with van der Waals surface area (Å²) in [4.78, 5) is 2.43. The molecule has 1 aromatic carbocycles. The summed E-state index contributed by atoms with van der Waals surface area (Å²) in [6.45, 7) is 3.99. The first kappa shape index (κ1) is 19.1. The number of aromatic hydroxyl groups is 1. The van der Waals surface area contributed by atoms with Gasteiger partial charge < -0.3 is 10.4 Å². The van der Waals surface area contributed by atoms with Gasteiger partial charge in [-0.25, -0.2) is 0 Å². The third-order valence-electron chi connectivity index (χ3n) is 3.98. The van der Waals surface area contributed by atoms with Gasteiger partial charge in [-0.2, -0.15) is 0 Å². The minimum Gasteiger partial charge on any atom is -0.508 e. The molecular weight excluding hydrogens is 354 g/mol. The molecule has 1 saturated carbocycles. The van der Waals surface area contributed by atoms with Gasteiger partial charge in [0.1, 0.15) is 5.75 Å². The number of hydrogen-bond acceptors (Lipinski definition) is 3. The van der Waals surface area contributed by atoms with Gasteiger partial charge in [0, 0.05) is 42.8 Å². The SMILES string of the molecule is Cl.Cl.Oc1cc(Cl)cc(Cl)c1[C@@H](C1CC1)N1CCNCC1. The zero-order valence-corrected chi connectivity index (χ0v) is 14.7. The van der Waals surface area contributed by atoms with Crippen molar-refractivity contribution >= 4 is 48.0 Å². The molecule has 1 aliphatic heterocycles. The number of phenolic OH excluding ortho intramolecular Hbond substituents is 1. The summed E-state index contributed by atoms with van der Waals surface area (Å²) in [5.41, 5.74) is 0.857. The molecule has 1 aromatic rings. The van der Waals surface area contributed by atoms with Crippen molar-refractivity contribution in [1.29, 1.82) is 0 Å². The maximum Gasteiger partial charge on any atom is 0.123 e. The molecule has 1 saturated heterocycles. The monoisotopic (exact) mass is 372 g/mol. The van der Waals surface area contributed by atoms with E-state index in [0.717, 1.165) is 31.7 Å². The molecule has 2 fully saturated rings. The van der Waals surface area contributed by atoms with E-state index in [9.17, 15) is 5.11 Å². The largest absolute Gasteiger partial charge is 0.508 e. The lowest BCUT2D eigenvalue weighted by Gasteiger charge is -2.36. The van der Waals surface area contributed by atoms with Crippen LogP contribution >= 0.6 is 48.0 Å². The third kappa shape index (κ3) is 4.31. The van der Waals surface area contributed by atoms with Crippen LogP contribution in [0.3, 0.4) is 0 Å². The van der Waals surface area contributed by atoms with E-state index in [2.05, 4.69) is 10.2 Å². The molecule has 0 spiro atoms. The van der Waals surface area contributed by atoms with Gasteiger partial charge in [-0.05, 0) is 30.9 Å². The van der Waals surface area contributed by atoms with Crippen molar-refractivity contribution in [2.75, 3.05) is 26.2 Å². The molecule has 0 radical (unpaired) electrons. The topological polar surface area (TPSA) is 35.5 Å². The second-order valence-corrected chi connectivity index (χ2v) is 6.23. The van der Waals surface area contributed by atoms with Gasteiger partial charge >= 0.3 is 0 Å². The van der Waals surface area contributed by atoms with E-state index >= 15 is 0 Å². The van der Waals surface area contributed by atoms with Gasteiger partial charge in [0.05, 0.1) is 5.02 Å². The molecule has 120 valence electrons. The first-order valence-electron chi connectivity index (χ1n) is 6.79. The summed E-state index contributed by atoms with van der Waals surface area (Å²) < 4.78 is 0. The second kappa shape index (κ2) is 8.09. The molecule has 1 aliphatic carbocycles. The van der Waals surface area contributed by atoms with Crippen molar-refractivity contribution in [3.63, 3.8) is 0 Å². The Morgan fingerprint density at radius 3 is 2.29 bits per heavy atom. The van der Waals surface area contributed by atoms with Crippen LogP contribution in [0.25, 0.3) is 0 Å². The van der Waals surface area contributed by atoms with E-state index in [-0.39, 0.29) is 36.6 Å². The molecule has 2 N–H and O–H groups in total. The number of phenols is 1. The predicted molar refractivity (Wildman–Crippen MR) is 92.5 cm³/mol. The fourth-order valence-corrected chi connectivity index (χ4v) is 3.55. The van der Waals surface area contributed by atoms with E-state index in [1.165, 1.54) is 12.8 Å². The smallest absolute Gasteiger partial charge is 0.123 e. The molecule has 21 heavy (non-hydrogen) atoms. The highest BCUT2D eigenvalue weighted by molar-refractivity contribution is 6.35. The summed E-state index contributed by atoms with van der Waals surface area (Å²) in [5, 5.41) is 14.7. The number of halogens is 4. The molecular formula is C14H20Cl4N2O. The minimum absolute atomic E-state index is 0. The van der Waals surface area contributed by atoms with Crippen molar-refractivity contribution in [2.24, 2.45) is 5.92 Å². The molecule has 2 aliphatic rings. The van der Waals surface area contributed by atoms with Crippen LogP contribution in [0.4, 0.5) is 0 Å². The second-order valence-electron chi connectivity index (χ2n) is 5.39. The Labute approximate surface area is 147 Å². The number of rotatable bonds is 3. The Morgan fingerprint density at radius 2 is 1.76 bits per heavy atom.